The van der Waals surface area contributed by atoms with Crippen LogP contribution >= 0.6 is 27.5 Å². The molecule has 0 aromatic heterocycles. The number of amides is 1. The molecule has 2 aromatic carbocycles. The van der Waals surface area contributed by atoms with Gasteiger partial charge >= 0.3 is 0 Å². The molecule has 0 radical (unpaired) electrons. The van der Waals surface area contributed by atoms with Crippen LogP contribution in [0, 0.1) is 5.82 Å². The van der Waals surface area contributed by atoms with Gasteiger partial charge in [0.25, 0.3) is 0 Å². The van der Waals surface area contributed by atoms with E-state index in [-0.39, 0.29) is 11.7 Å². The van der Waals surface area contributed by atoms with Gasteiger partial charge in [0.05, 0.1) is 11.8 Å². The summed E-state index contributed by atoms with van der Waals surface area (Å²) in [4.78, 5) is 11.3. The van der Waals surface area contributed by atoms with Crippen molar-refractivity contribution >= 4 is 39.1 Å². The van der Waals surface area contributed by atoms with E-state index in [0.717, 1.165) is 16.8 Å². The van der Waals surface area contributed by atoms with Crippen LogP contribution in [0.4, 0.5) is 10.1 Å². The van der Waals surface area contributed by atoms with Crippen molar-refractivity contribution in [2.24, 2.45) is 0 Å². The van der Waals surface area contributed by atoms with Gasteiger partial charge in [-0.05, 0) is 29.3 Å². The molecule has 1 N–H and O–H groups in total. The van der Waals surface area contributed by atoms with Gasteiger partial charge < -0.3 is 5.32 Å². The molecule has 20 heavy (non-hydrogen) atoms. The molecule has 5 heteroatoms. The maximum absolute atomic E-state index is 13.9. The molecular weight excluding hydrogens is 345 g/mol. The number of alkyl halides is 1. The van der Waals surface area contributed by atoms with E-state index in [1.807, 2.05) is 18.2 Å². The van der Waals surface area contributed by atoms with Crippen molar-refractivity contribution < 1.29 is 9.18 Å². The Morgan fingerprint density at radius 3 is 2.80 bits per heavy atom. The summed E-state index contributed by atoms with van der Waals surface area (Å²) in [6, 6.07) is 10.3. The minimum atomic E-state index is -0.580. The lowest BCUT2D eigenvalue weighted by Gasteiger charge is -2.13. The normalized spacial score (nSPS) is 14.8. The number of carbonyl (C=O) groups is 1. The minimum absolute atomic E-state index is 0.0295. The van der Waals surface area contributed by atoms with Crippen LogP contribution < -0.4 is 5.32 Å². The van der Waals surface area contributed by atoms with Crippen molar-refractivity contribution in [3.05, 3.63) is 63.4 Å². The highest BCUT2D eigenvalue weighted by Crippen LogP contribution is 2.34. The van der Waals surface area contributed by atoms with Gasteiger partial charge in [0, 0.05) is 15.7 Å². The lowest BCUT2D eigenvalue weighted by molar-refractivity contribution is -0.115. The summed E-state index contributed by atoms with van der Waals surface area (Å²) in [5.41, 5.74) is 2.91. The maximum atomic E-state index is 13.9. The Hall–Kier alpha value is -1.39. The molecule has 0 fully saturated rings. The van der Waals surface area contributed by atoms with Crippen LogP contribution in [-0.2, 0) is 11.2 Å². The summed E-state index contributed by atoms with van der Waals surface area (Å²) in [5.74, 6) is -0.382. The zero-order valence-electron chi connectivity index (χ0n) is 10.3. The van der Waals surface area contributed by atoms with Crippen LogP contribution in [0.1, 0.15) is 22.1 Å². The number of hydrogen-bond donors (Lipinski definition) is 1. The van der Waals surface area contributed by atoms with E-state index >= 15 is 0 Å². The second-order valence-electron chi connectivity index (χ2n) is 4.67. The van der Waals surface area contributed by atoms with Gasteiger partial charge in [-0.2, -0.15) is 0 Å². The fourth-order valence-electron chi connectivity index (χ4n) is 2.29. The van der Waals surface area contributed by atoms with Crippen molar-refractivity contribution in [1.82, 2.24) is 0 Å². The second-order valence-corrected chi connectivity index (χ2v) is 6.02. The molecule has 102 valence electrons. The van der Waals surface area contributed by atoms with Crippen LogP contribution in [0.5, 0.6) is 0 Å². The molecule has 1 unspecified atom stereocenters. The molecule has 0 spiro atoms. The molecule has 1 aliphatic rings. The number of benzene rings is 2. The first kappa shape index (κ1) is 13.6. The smallest absolute Gasteiger partial charge is 0.228 e. The highest BCUT2D eigenvalue weighted by molar-refractivity contribution is 9.10. The van der Waals surface area contributed by atoms with E-state index in [2.05, 4.69) is 21.2 Å². The number of nitrogens with one attached hydrogen (secondary N) is 1. The summed E-state index contributed by atoms with van der Waals surface area (Å²) in [5, 5.41) is 2.18. The topological polar surface area (TPSA) is 29.1 Å². The van der Waals surface area contributed by atoms with Crippen LogP contribution in [0.15, 0.2) is 40.9 Å². The molecule has 0 saturated heterocycles. The van der Waals surface area contributed by atoms with E-state index in [1.165, 1.54) is 6.07 Å². The van der Waals surface area contributed by atoms with Gasteiger partial charge in [0.2, 0.25) is 5.91 Å². The van der Waals surface area contributed by atoms with Gasteiger partial charge in [0.15, 0.2) is 0 Å². The molecule has 2 aromatic rings. The molecule has 1 amide bonds. The summed E-state index contributed by atoms with van der Waals surface area (Å²) < 4.78 is 14.6. The minimum Gasteiger partial charge on any atom is -0.326 e. The Labute approximate surface area is 129 Å². The molecule has 0 saturated carbocycles. The Bertz CT molecular complexity index is 704. The lowest BCUT2D eigenvalue weighted by atomic mass is 10.0. The average Bonchev–Trinajstić information content (AvgIpc) is 2.77. The van der Waals surface area contributed by atoms with Gasteiger partial charge in [-0.15, -0.1) is 11.6 Å². The number of fused-ring (bicyclic) bond motifs is 1. The standard InChI is InChI=1S/C15H10BrClFNO/c16-10-2-3-11(12(18)7-10)15(17)8-1-4-13-9(5-8)6-14(20)19-13/h1-5,7,15H,6H2,(H,19,20). The number of carbonyl (C=O) groups excluding carboxylic acids is 1. The third kappa shape index (κ3) is 2.45. The average molecular weight is 355 g/mol. The number of rotatable bonds is 2. The fraction of sp³-hybridized carbons (Fsp3) is 0.133. The van der Waals surface area contributed by atoms with E-state index in [1.54, 1.807) is 12.1 Å². The van der Waals surface area contributed by atoms with E-state index < -0.39 is 5.38 Å². The fourth-order valence-corrected chi connectivity index (χ4v) is 2.94. The largest absolute Gasteiger partial charge is 0.326 e. The summed E-state index contributed by atoms with van der Waals surface area (Å²) >= 11 is 9.59. The Morgan fingerprint density at radius 1 is 1.25 bits per heavy atom. The number of anilines is 1. The molecule has 1 heterocycles. The molecule has 3 rings (SSSR count). The van der Waals surface area contributed by atoms with Crippen molar-refractivity contribution in [1.29, 1.82) is 0 Å². The van der Waals surface area contributed by atoms with Crippen molar-refractivity contribution in [2.45, 2.75) is 11.8 Å². The predicted octanol–water partition coefficient (Wildman–Crippen LogP) is 4.41. The third-order valence-electron chi connectivity index (χ3n) is 3.28. The van der Waals surface area contributed by atoms with E-state index in [9.17, 15) is 9.18 Å². The molecular formula is C15H10BrClFNO. The predicted molar refractivity (Wildman–Crippen MR) is 80.6 cm³/mol. The molecule has 0 bridgehead atoms. The van der Waals surface area contributed by atoms with E-state index in [4.69, 9.17) is 11.6 Å². The van der Waals surface area contributed by atoms with Crippen LogP contribution in [-0.4, -0.2) is 5.91 Å². The molecule has 2 nitrogen and oxygen atoms in total. The van der Waals surface area contributed by atoms with Crippen molar-refractivity contribution in [2.75, 3.05) is 5.32 Å². The zero-order chi connectivity index (χ0) is 14.3. The summed E-state index contributed by atoms with van der Waals surface area (Å²) in [7, 11) is 0. The van der Waals surface area contributed by atoms with Crippen molar-refractivity contribution in [3.8, 4) is 0 Å². The van der Waals surface area contributed by atoms with E-state index in [0.29, 0.717) is 16.5 Å². The number of hydrogen-bond acceptors (Lipinski definition) is 1. The van der Waals surface area contributed by atoms with Gasteiger partial charge in [-0.3, -0.25) is 4.79 Å². The van der Waals surface area contributed by atoms with Crippen molar-refractivity contribution in [3.63, 3.8) is 0 Å². The second kappa shape index (κ2) is 5.19. The van der Waals surface area contributed by atoms with Gasteiger partial charge in [0.1, 0.15) is 5.82 Å². The first-order valence-corrected chi connectivity index (χ1v) is 7.29. The monoisotopic (exact) mass is 353 g/mol. The Morgan fingerprint density at radius 2 is 2.05 bits per heavy atom. The highest BCUT2D eigenvalue weighted by Gasteiger charge is 2.21. The third-order valence-corrected chi connectivity index (χ3v) is 4.26. The quantitative estimate of drug-likeness (QED) is 0.795. The van der Waals surface area contributed by atoms with Gasteiger partial charge in [-0.1, -0.05) is 34.1 Å². The molecule has 0 aliphatic carbocycles. The SMILES string of the molecule is O=C1Cc2cc(C(Cl)c3ccc(Br)cc3F)ccc2N1. The Kier molecular flexibility index (Phi) is 3.52. The summed E-state index contributed by atoms with van der Waals surface area (Å²) in [6.07, 6.45) is 0.343. The number of halogens is 3. The van der Waals surface area contributed by atoms with Gasteiger partial charge in [-0.25, -0.2) is 4.39 Å². The molecule has 1 aliphatic heterocycles. The van der Waals surface area contributed by atoms with Crippen LogP contribution in [0.25, 0.3) is 0 Å². The maximum Gasteiger partial charge on any atom is 0.228 e. The first-order chi connectivity index (χ1) is 9.54. The highest BCUT2D eigenvalue weighted by atomic mass is 79.9. The summed E-state index contributed by atoms with van der Waals surface area (Å²) in [6.45, 7) is 0. The zero-order valence-corrected chi connectivity index (χ0v) is 12.6. The van der Waals surface area contributed by atoms with Crippen LogP contribution in [0.2, 0.25) is 0 Å². The molecule has 1 atom stereocenters. The first-order valence-electron chi connectivity index (χ1n) is 6.06. The van der Waals surface area contributed by atoms with Crippen LogP contribution in [0.3, 0.4) is 0 Å². The Balaban J connectivity index is 1.97. The lowest BCUT2D eigenvalue weighted by Crippen LogP contribution is -2.03.